The van der Waals surface area contributed by atoms with Gasteiger partial charge >= 0.3 is 0 Å². The maximum Gasteiger partial charge on any atom is 0.264 e. The lowest BCUT2D eigenvalue weighted by atomic mass is 10.0. The first-order valence-electron chi connectivity index (χ1n) is 11.0. The van der Waals surface area contributed by atoms with E-state index in [0.717, 1.165) is 20.6 Å². The molecule has 7 nitrogen and oxygen atoms in total. The van der Waals surface area contributed by atoms with Crippen LogP contribution in [0.3, 0.4) is 0 Å². The van der Waals surface area contributed by atoms with Crippen LogP contribution in [0.25, 0.3) is 10.8 Å². The van der Waals surface area contributed by atoms with Crippen molar-refractivity contribution in [2.24, 2.45) is 0 Å². The quantitative estimate of drug-likeness (QED) is 0.377. The number of anilines is 1. The molecule has 1 N–H and O–H groups in total. The van der Waals surface area contributed by atoms with Crippen LogP contribution in [0, 0.1) is 0 Å². The number of fused-ring (bicyclic) bond motifs is 1. The van der Waals surface area contributed by atoms with Crippen molar-refractivity contribution in [2.45, 2.75) is 11.4 Å². The molecule has 180 valence electrons. The summed E-state index contributed by atoms with van der Waals surface area (Å²) in [5.74, 6) is 0.424. The number of ether oxygens (including phenoxy) is 2. The zero-order valence-corrected chi connectivity index (χ0v) is 20.3. The topological polar surface area (TPSA) is 84.9 Å². The number of nitrogens with one attached hydrogen (secondary N) is 1. The number of benzene rings is 4. The fourth-order valence-corrected chi connectivity index (χ4v) is 5.27. The van der Waals surface area contributed by atoms with Crippen LogP contribution in [0.4, 0.5) is 5.69 Å². The van der Waals surface area contributed by atoms with Gasteiger partial charge < -0.3 is 14.8 Å². The van der Waals surface area contributed by atoms with Crippen molar-refractivity contribution in [1.82, 2.24) is 5.32 Å². The number of para-hydroxylation sites is 2. The summed E-state index contributed by atoms with van der Waals surface area (Å²) in [6.07, 6.45) is 0. The summed E-state index contributed by atoms with van der Waals surface area (Å²) in [5.41, 5.74) is 1.21. The molecule has 0 aliphatic carbocycles. The molecule has 0 saturated carbocycles. The Hall–Kier alpha value is -4.04. The predicted molar refractivity (Wildman–Crippen MR) is 136 cm³/mol. The molecule has 0 saturated heterocycles. The van der Waals surface area contributed by atoms with Crippen LogP contribution < -0.4 is 19.1 Å². The summed E-state index contributed by atoms with van der Waals surface area (Å²) in [7, 11) is -1.13. The number of carbonyl (C=O) groups excluding carboxylic acids is 1. The van der Waals surface area contributed by atoms with Gasteiger partial charge in [-0.3, -0.25) is 9.10 Å². The average Bonchev–Trinajstić information content (AvgIpc) is 2.90. The molecule has 0 bridgehead atoms. The minimum absolute atomic E-state index is 0.0334. The number of carbonyl (C=O) groups is 1. The molecule has 0 aliphatic rings. The van der Waals surface area contributed by atoms with Gasteiger partial charge in [0.25, 0.3) is 10.0 Å². The second-order valence-corrected chi connectivity index (χ2v) is 9.64. The van der Waals surface area contributed by atoms with Crippen molar-refractivity contribution < 1.29 is 22.7 Å². The monoisotopic (exact) mass is 490 g/mol. The fraction of sp³-hybridized carbons (Fsp3) is 0.148. The SMILES string of the molecule is COc1ccc(S(=O)(=O)N(CC(=O)NCc2cccc3ccccc23)c2ccccc2OC)cc1. The minimum atomic E-state index is -4.09. The molecule has 0 unspecified atom stereocenters. The minimum Gasteiger partial charge on any atom is -0.497 e. The van der Waals surface area contributed by atoms with E-state index in [-0.39, 0.29) is 17.1 Å². The third kappa shape index (κ3) is 5.22. The van der Waals surface area contributed by atoms with Crippen molar-refractivity contribution in [1.29, 1.82) is 0 Å². The van der Waals surface area contributed by atoms with Gasteiger partial charge in [-0.15, -0.1) is 0 Å². The first-order chi connectivity index (χ1) is 16.9. The summed E-state index contributed by atoms with van der Waals surface area (Å²) in [5, 5.41) is 4.96. The Bertz CT molecular complexity index is 1430. The van der Waals surface area contributed by atoms with Gasteiger partial charge in [0.15, 0.2) is 0 Å². The number of sulfonamides is 1. The average molecular weight is 491 g/mol. The van der Waals surface area contributed by atoms with Crippen molar-refractivity contribution in [3.8, 4) is 11.5 Å². The van der Waals surface area contributed by atoms with Crippen molar-refractivity contribution in [3.63, 3.8) is 0 Å². The van der Waals surface area contributed by atoms with E-state index >= 15 is 0 Å². The van der Waals surface area contributed by atoms with Crippen LogP contribution in [0.2, 0.25) is 0 Å². The number of nitrogens with zero attached hydrogens (tertiary/aromatic N) is 1. The molecule has 4 aromatic carbocycles. The lowest BCUT2D eigenvalue weighted by Crippen LogP contribution is -2.40. The van der Waals surface area contributed by atoms with E-state index in [4.69, 9.17) is 9.47 Å². The van der Waals surface area contributed by atoms with Crippen LogP contribution in [-0.2, 0) is 21.4 Å². The van der Waals surface area contributed by atoms with Gasteiger partial charge in [-0.1, -0.05) is 54.6 Å². The highest BCUT2D eigenvalue weighted by atomic mass is 32.2. The van der Waals surface area contributed by atoms with Crippen LogP contribution >= 0.6 is 0 Å². The predicted octanol–water partition coefficient (Wildman–Crippen LogP) is 4.37. The van der Waals surface area contributed by atoms with E-state index in [1.54, 1.807) is 36.4 Å². The number of hydrogen-bond acceptors (Lipinski definition) is 5. The number of rotatable bonds is 9. The van der Waals surface area contributed by atoms with E-state index in [2.05, 4.69) is 5.32 Å². The van der Waals surface area contributed by atoms with Gasteiger partial charge in [-0.25, -0.2) is 8.42 Å². The molecule has 4 aromatic rings. The molecule has 0 aliphatic heterocycles. The van der Waals surface area contributed by atoms with Gasteiger partial charge in [0.1, 0.15) is 18.0 Å². The van der Waals surface area contributed by atoms with Crippen LogP contribution in [0.1, 0.15) is 5.56 Å². The zero-order valence-electron chi connectivity index (χ0n) is 19.5. The summed E-state index contributed by atoms with van der Waals surface area (Å²) >= 11 is 0. The van der Waals surface area contributed by atoms with Crippen molar-refractivity contribution in [3.05, 3.63) is 96.6 Å². The molecule has 0 fully saturated rings. The molecule has 8 heteroatoms. The molecule has 0 heterocycles. The van der Waals surface area contributed by atoms with Crippen molar-refractivity contribution in [2.75, 3.05) is 25.1 Å². The molecule has 0 radical (unpaired) electrons. The van der Waals surface area contributed by atoms with Crippen molar-refractivity contribution >= 4 is 32.4 Å². The molecule has 0 atom stereocenters. The van der Waals surface area contributed by atoms with Gasteiger partial charge in [-0.05, 0) is 52.7 Å². The number of methoxy groups -OCH3 is 2. The Morgan fingerprint density at radius 3 is 2.26 bits per heavy atom. The molecule has 0 aromatic heterocycles. The Morgan fingerprint density at radius 1 is 0.829 bits per heavy atom. The van der Waals surface area contributed by atoms with E-state index in [0.29, 0.717) is 11.5 Å². The van der Waals surface area contributed by atoms with Gasteiger partial charge in [0.05, 0.1) is 24.8 Å². The van der Waals surface area contributed by atoms with Crippen LogP contribution in [0.15, 0.2) is 95.9 Å². The Kier molecular flexibility index (Phi) is 7.22. The summed E-state index contributed by atoms with van der Waals surface area (Å²) in [6, 6.07) is 26.5. The third-order valence-electron chi connectivity index (χ3n) is 5.64. The lowest BCUT2D eigenvalue weighted by molar-refractivity contribution is -0.119. The maximum atomic E-state index is 13.6. The number of amides is 1. The fourth-order valence-electron chi connectivity index (χ4n) is 3.84. The van der Waals surface area contributed by atoms with Crippen LogP contribution in [0.5, 0.6) is 11.5 Å². The smallest absolute Gasteiger partial charge is 0.264 e. The van der Waals surface area contributed by atoms with Gasteiger partial charge in [0, 0.05) is 6.54 Å². The van der Waals surface area contributed by atoms with E-state index in [1.807, 2.05) is 42.5 Å². The summed E-state index contributed by atoms with van der Waals surface area (Å²) < 4.78 is 38.9. The van der Waals surface area contributed by atoms with E-state index in [9.17, 15) is 13.2 Å². The third-order valence-corrected chi connectivity index (χ3v) is 7.42. The highest BCUT2D eigenvalue weighted by Crippen LogP contribution is 2.32. The highest BCUT2D eigenvalue weighted by Gasteiger charge is 2.29. The maximum absolute atomic E-state index is 13.6. The normalized spacial score (nSPS) is 11.1. The Labute approximate surface area is 205 Å². The first kappa shape index (κ1) is 24.1. The van der Waals surface area contributed by atoms with Gasteiger partial charge in [0.2, 0.25) is 5.91 Å². The largest absolute Gasteiger partial charge is 0.497 e. The summed E-state index contributed by atoms with van der Waals surface area (Å²) in [6.45, 7) is -0.151. The van der Waals surface area contributed by atoms with Crippen LogP contribution in [-0.4, -0.2) is 35.1 Å². The molecule has 1 amide bonds. The highest BCUT2D eigenvalue weighted by molar-refractivity contribution is 7.92. The molecule has 4 rings (SSSR count). The number of hydrogen-bond donors (Lipinski definition) is 1. The first-order valence-corrected chi connectivity index (χ1v) is 12.4. The van der Waals surface area contributed by atoms with Gasteiger partial charge in [-0.2, -0.15) is 0 Å². The Balaban J connectivity index is 1.62. The van der Waals surface area contributed by atoms with E-state index < -0.39 is 22.5 Å². The Morgan fingerprint density at radius 2 is 1.51 bits per heavy atom. The molecular formula is C27H26N2O5S. The molecule has 35 heavy (non-hydrogen) atoms. The lowest BCUT2D eigenvalue weighted by Gasteiger charge is -2.25. The second-order valence-electron chi connectivity index (χ2n) is 7.77. The molecule has 0 spiro atoms. The zero-order chi connectivity index (χ0) is 24.8. The second kappa shape index (κ2) is 10.5. The van der Waals surface area contributed by atoms with E-state index in [1.165, 1.54) is 26.4 Å². The standard InChI is InChI=1S/C27H26N2O5S/c1-33-22-14-16-23(17-15-22)35(31,32)29(25-12-5-6-13-26(25)34-2)19-27(30)28-18-21-10-7-9-20-8-3-4-11-24(20)21/h3-17H,18-19H2,1-2H3,(H,28,30). The molecular weight excluding hydrogens is 464 g/mol. The summed E-state index contributed by atoms with van der Waals surface area (Å²) in [4.78, 5) is 13.1.